The molecule has 2 fully saturated rings. The molecule has 2 bridgehead atoms. The molecule has 0 aromatic carbocycles. The summed E-state index contributed by atoms with van der Waals surface area (Å²) < 4.78 is 4.04. The highest BCUT2D eigenvalue weighted by Gasteiger charge is 2.42. The van der Waals surface area contributed by atoms with Crippen LogP contribution in [0.15, 0.2) is 0 Å². The van der Waals surface area contributed by atoms with E-state index in [9.17, 15) is 4.79 Å². The summed E-state index contributed by atoms with van der Waals surface area (Å²) in [5, 5.41) is 6.93. The molecule has 5 nitrogen and oxygen atoms in total. The first-order chi connectivity index (χ1) is 7.72. The van der Waals surface area contributed by atoms with Crippen molar-refractivity contribution in [2.45, 2.75) is 38.3 Å². The van der Waals surface area contributed by atoms with Gasteiger partial charge in [-0.3, -0.25) is 4.79 Å². The van der Waals surface area contributed by atoms with E-state index in [-0.39, 0.29) is 11.8 Å². The molecule has 0 spiro atoms. The van der Waals surface area contributed by atoms with Crippen LogP contribution in [0.1, 0.15) is 25.1 Å². The van der Waals surface area contributed by atoms with Gasteiger partial charge in [-0.1, -0.05) is 0 Å². The standard InChI is InChI=1S/C10H14N4OS/c1-5-11-10(16-14-5)13-9(15)7-4-6-2-3-8(7)12-6/h6-8,12H,2-4H2,1H3,(H,11,13,14,15). The number of amides is 1. The van der Waals surface area contributed by atoms with Gasteiger partial charge < -0.3 is 10.6 Å². The number of carbonyl (C=O) groups excluding carboxylic acids is 1. The van der Waals surface area contributed by atoms with Gasteiger partial charge in [0.1, 0.15) is 5.82 Å². The molecular formula is C10H14N4OS. The van der Waals surface area contributed by atoms with Crippen molar-refractivity contribution in [3.05, 3.63) is 5.82 Å². The normalized spacial score (nSPS) is 31.9. The van der Waals surface area contributed by atoms with E-state index in [1.165, 1.54) is 18.0 Å². The van der Waals surface area contributed by atoms with E-state index in [1.54, 1.807) is 0 Å². The van der Waals surface area contributed by atoms with Crippen molar-refractivity contribution >= 4 is 22.6 Å². The van der Waals surface area contributed by atoms with Gasteiger partial charge in [0, 0.05) is 23.6 Å². The van der Waals surface area contributed by atoms with Gasteiger partial charge in [0.25, 0.3) is 0 Å². The van der Waals surface area contributed by atoms with E-state index in [0.29, 0.717) is 23.0 Å². The van der Waals surface area contributed by atoms with Crippen LogP contribution in [0.3, 0.4) is 0 Å². The van der Waals surface area contributed by atoms with Crippen LogP contribution < -0.4 is 10.6 Å². The number of aromatic nitrogens is 2. The van der Waals surface area contributed by atoms with Crippen LogP contribution in [0.25, 0.3) is 0 Å². The predicted molar refractivity (Wildman–Crippen MR) is 61.3 cm³/mol. The average molecular weight is 238 g/mol. The summed E-state index contributed by atoms with van der Waals surface area (Å²) in [7, 11) is 0. The first kappa shape index (κ1) is 10.2. The highest BCUT2D eigenvalue weighted by Crippen LogP contribution is 2.33. The molecule has 0 saturated carbocycles. The minimum Gasteiger partial charge on any atom is -0.310 e. The molecule has 2 N–H and O–H groups in total. The Balaban J connectivity index is 1.65. The third-order valence-electron chi connectivity index (χ3n) is 3.39. The van der Waals surface area contributed by atoms with Crippen molar-refractivity contribution in [1.29, 1.82) is 0 Å². The quantitative estimate of drug-likeness (QED) is 0.804. The predicted octanol–water partition coefficient (Wildman–Crippen LogP) is 0.926. The second-order valence-corrected chi connectivity index (χ2v) is 5.28. The molecular weight excluding hydrogens is 224 g/mol. The summed E-state index contributed by atoms with van der Waals surface area (Å²) in [5.74, 6) is 0.921. The maximum Gasteiger partial charge on any atom is 0.230 e. The summed E-state index contributed by atoms with van der Waals surface area (Å²) in [4.78, 5) is 16.1. The number of hydrogen-bond donors (Lipinski definition) is 2. The zero-order valence-corrected chi connectivity index (χ0v) is 9.88. The van der Waals surface area contributed by atoms with Gasteiger partial charge in [-0.25, -0.2) is 4.98 Å². The van der Waals surface area contributed by atoms with Gasteiger partial charge in [0.05, 0.1) is 5.92 Å². The van der Waals surface area contributed by atoms with Crippen LogP contribution >= 0.6 is 11.5 Å². The number of fused-ring (bicyclic) bond motifs is 2. The van der Waals surface area contributed by atoms with Crippen molar-refractivity contribution in [2.24, 2.45) is 5.92 Å². The third-order valence-corrected chi connectivity index (χ3v) is 4.12. The molecule has 16 heavy (non-hydrogen) atoms. The van der Waals surface area contributed by atoms with E-state index in [0.717, 1.165) is 12.8 Å². The zero-order valence-electron chi connectivity index (χ0n) is 9.06. The fourth-order valence-corrected chi connectivity index (χ4v) is 3.24. The second kappa shape index (κ2) is 3.78. The van der Waals surface area contributed by atoms with Gasteiger partial charge in [-0.05, 0) is 26.2 Å². The second-order valence-electron chi connectivity index (χ2n) is 4.53. The molecule has 2 aliphatic heterocycles. The number of carbonyl (C=O) groups is 1. The zero-order chi connectivity index (χ0) is 11.1. The maximum atomic E-state index is 12.0. The number of rotatable bonds is 2. The molecule has 0 aliphatic carbocycles. The van der Waals surface area contributed by atoms with Gasteiger partial charge >= 0.3 is 0 Å². The lowest BCUT2D eigenvalue weighted by atomic mass is 9.88. The van der Waals surface area contributed by atoms with E-state index in [1.807, 2.05) is 6.92 Å². The van der Waals surface area contributed by atoms with E-state index < -0.39 is 0 Å². The molecule has 0 radical (unpaired) electrons. The lowest BCUT2D eigenvalue weighted by molar-refractivity contribution is -0.120. The highest BCUT2D eigenvalue weighted by molar-refractivity contribution is 7.09. The Labute approximate surface area is 97.8 Å². The van der Waals surface area contributed by atoms with Crippen LogP contribution in [0.5, 0.6) is 0 Å². The molecule has 1 aromatic rings. The smallest absolute Gasteiger partial charge is 0.230 e. The summed E-state index contributed by atoms with van der Waals surface area (Å²) in [6.45, 7) is 1.82. The number of hydrogen-bond acceptors (Lipinski definition) is 5. The van der Waals surface area contributed by atoms with Crippen molar-refractivity contribution in [2.75, 3.05) is 5.32 Å². The third kappa shape index (κ3) is 1.72. The lowest BCUT2D eigenvalue weighted by Gasteiger charge is -2.18. The van der Waals surface area contributed by atoms with Crippen molar-refractivity contribution in [1.82, 2.24) is 14.7 Å². The summed E-state index contributed by atoms with van der Waals surface area (Å²) in [5.41, 5.74) is 0. The first-order valence-corrected chi connectivity index (χ1v) is 6.37. The maximum absolute atomic E-state index is 12.0. The molecule has 1 aromatic heterocycles. The van der Waals surface area contributed by atoms with Gasteiger partial charge in [0.2, 0.25) is 11.0 Å². The molecule has 1 amide bonds. The number of anilines is 1. The monoisotopic (exact) mass is 238 g/mol. The highest BCUT2D eigenvalue weighted by atomic mass is 32.1. The van der Waals surface area contributed by atoms with Crippen molar-refractivity contribution in [3.8, 4) is 0 Å². The van der Waals surface area contributed by atoms with Crippen molar-refractivity contribution < 1.29 is 4.79 Å². The Hall–Kier alpha value is -1.01. The van der Waals surface area contributed by atoms with Gasteiger partial charge in [-0.15, -0.1) is 0 Å². The molecule has 2 saturated heterocycles. The summed E-state index contributed by atoms with van der Waals surface area (Å²) in [6, 6.07) is 0.927. The fraction of sp³-hybridized carbons (Fsp3) is 0.700. The Morgan fingerprint density at radius 1 is 1.56 bits per heavy atom. The molecule has 3 unspecified atom stereocenters. The minimum absolute atomic E-state index is 0.0934. The molecule has 3 atom stereocenters. The SMILES string of the molecule is Cc1nsc(NC(=O)C2CC3CCC2N3)n1. The molecule has 3 heterocycles. The van der Waals surface area contributed by atoms with Gasteiger partial charge in [-0.2, -0.15) is 4.37 Å². The molecule has 3 rings (SSSR count). The van der Waals surface area contributed by atoms with Crippen LogP contribution in [-0.4, -0.2) is 27.3 Å². The summed E-state index contributed by atoms with van der Waals surface area (Å²) in [6.07, 6.45) is 3.30. The first-order valence-electron chi connectivity index (χ1n) is 5.59. The lowest BCUT2D eigenvalue weighted by Crippen LogP contribution is -2.32. The number of nitrogens with one attached hydrogen (secondary N) is 2. The Morgan fingerprint density at radius 2 is 2.44 bits per heavy atom. The van der Waals surface area contributed by atoms with Gasteiger partial charge in [0.15, 0.2) is 0 Å². The van der Waals surface area contributed by atoms with E-state index in [4.69, 9.17) is 0 Å². The minimum atomic E-state index is 0.0934. The molecule has 2 aliphatic rings. The fourth-order valence-electron chi connectivity index (χ4n) is 2.66. The van der Waals surface area contributed by atoms with Crippen LogP contribution in [0.4, 0.5) is 5.13 Å². The van der Waals surface area contributed by atoms with E-state index in [2.05, 4.69) is 20.0 Å². The van der Waals surface area contributed by atoms with Crippen LogP contribution in [0.2, 0.25) is 0 Å². The average Bonchev–Trinajstić information content (AvgIpc) is 2.93. The van der Waals surface area contributed by atoms with E-state index >= 15 is 0 Å². The number of aryl methyl sites for hydroxylation is 1. The molecule has 6 heteroatoms. The number of nitrogens with zero attached hydrogens (tertiary/aromatic N) is 2. The Morgan fingerprint density at radius 3 is 3.00 bits per heavy atom. The molecule has 86 valence electrons. The van der Waals surface area contributed by atoms with Crippen molar-refractivity contribution in [3.63, 3.8) is 0 Å². The Kier molecular flexibility index (Phi) is 2.40. The topological polar surface area (TPSA) is 66.9 Å². The van der Waals surface area contributed by atoms with Crippen LogP contribution in [-0.2, 0) is 4.79 Å². The Bertz CT molecular complexity index is 419. The summed E-state index contributed by atoms with van der Waals surface area (Å²) >= 11 is 1.24. The van der Waals surface area contributed by atoms with Crippen LogP contribution in [0, 0.1) is 12.8 Å². The largest absolute Gasteiger partial charge is 0.310 e.